The van der Waals surface area contributed by atoms with E-state index in [0.717, 1.165) is 0 Å². The Bertz CT molecular complexity index is 808. The first-order valence-electron chi connectivity index (χ1n) is 6.46. The molecular weight excluding hydrogens is 386 g/mol. The number of hydrogen-bond acceptors (Lipinski definition) is 5. The molecule has 23 heavy (non-hydrogen) atoms. The molecule has 8 heteroatoms. The molecule has 0 aliphatic rings. The number of halogens is 1. The molecule has 0 heterocycles. The maximum atomic E-state index is 12.3. The molecule has 122 valence electrons. The molecule has 0 spiro atoms. The summed E-state index contributed by atoms with van der Waals surface area (Å²) < 4.78 is 30.8. The molecule has 6 nitrogen and oxygen atoms in total. The number of sulfonamides is 1. The van der Waals surface area contributed by atoms with Gasteiger partial charge in [0.05, 0.1) is 17.6 Å². The first-order chi connectivity index (χ1) is 10.9. The van der Waals surface area contributed by atoms with Crippen molar-refractivity contribution in [2.24, 2.45) is 0 Å². The Hall–Kier alpha value is -1.74. The minimum Gasteiger partial charge on any atom is -0.423 e. The lowest BCUT2D eigenvalue weighted by Crippen LogP contribution is -2.26. The van der Waals surface area contributed by atoms with Crippen LogP contribution < -0.4 is 4.74 Å². The Balaban J connectivity index is 2.36. The number of esters is 1. The predicted molar refractivity (Wildman–Crippen MR) is 87.5 cm³/mol. The van der Waals surface area contributed by atoms with E-state index in [-0.39, 0.29) is 10.5 Å². The third kappa shape index (κ3) is 3.97. The van der Waals surface area contributed by atoms with Crippen LogP contribution in [0.25, 0.3) is 0 Å². The van der Waals surface area contributed by atoms with Crippen molar-refractivity contribution in [2.75, 3.05) is 14.2 Å². The van der Waals surface area contributed by atoms with E-state index in [9.17, 15) is 13.2 Å². The smallest absolute Gasteiger partial charge is 0.344 e. The highest BCUT2D eigenvalue weighted by molar-refractivity contribution is 9.10. The van der Waals surface area contributed by atoms with Crippen LogP contribution in [0.1, 0.15) is 10.4 Å². The number of rotatable bonds is 5. The molecule has 0 fully saturated rings. The number of hydrogen-bond donors (Lipinski definition) is 0. The van der Waals surface area contributed by atoms with Gasteiger partial charge in [0.1, 0.15) is 5.75 Å². The molecule has 0 aliphatic heterocycles. The summed E-state index contributed by atoms with van der Waals surface area (Å²) in [6.45, 7) is 0. The van der Waals surface area contributed by atoms with E-state index in [1.54, 1.807) is 30.3 Å². The van der Waals surface area contributed by atoms with Crippen molar-refractivity contribution < 1.29 is 22.8 Å². The van der Waals surface area contributed by atoms with E-state index < -0.39 is 16.0 Å². The lowest BCUT2D eigenvalue weighted by atomic mass is 10.2. The Labute approximate surface area is 142 Å². The Morgan fingerprint density at radius 3 is 2.39 bits per heavy atom. The number of benzene rings is 2. The highest BCUT2D eigenvalue weighted by Crippen LogP contribution is 2.24. The Morgan fingerprint density at radius 2 is 1.78 bits per heavy atom. The third-order valence-electron chi connectivity index (χ3n) is 3.00. The van der Waals surface area contributed by atoms with E-state index in [1.807, 2.05) is 0 Å². The summed E-state index contributed by atoms with van der Waals surface area (Å²) in [6.07, 6.45) is 0. The fraction of sp³-hybridized carbons (Fsp3) is 0.133. The van der Waals surface area contributed by atoms with Gasteiger partial charge >= 0.3 is 5.97 Å². The van der Waals surface area contributed by atoms with Crippen molar-refractivity contribution >= 4 is 31.9 Å². The van der Waals surface area contributed by atoms with Crippen molar-refractivity contribution in [3.05, 3.63) is 58.6 Å². The maximum absolute atomic E-state index is 12.3. The van der Waals surface area contributed by atoms with Gasteiger partial charge in [-0.15, -0.1) is 0 Å². The lowest BCUT2D eigenvalue weighted by molar-refractivity contribution is -0.0258. The predicted octanol–water partition coefficient (Wildman–Crippen LogP) is 2.85. The molecular formula is C15H14BrNO5S. The van der Waals surface area contributed by atoms with Crippen molar-refractivity contribution in [3.63, 3.8) is 0 Å². The standard InChI is InChI=1S/C15H14BrNO5S/c1-17(21-2)23(19,20)12-8-9-14(16)13(10-12)15(18)22-11-6-4-3-5-7-11/h3-10H,1-2H3. The van der Waals surface area contributed by atoms with Crippen LogP contribution >= 0.6 is 15.9 Å². The molecule has 0 atom stereocenters. The molecule has 0 radical (unpaired) electrons. The fourth-order valence-corrected chi connectivity index (χ4v) is 3.13. The minimum absolute atomic E-state index is 0.0786. The highest BCUT2D eigenvalue weighted by atomic mass is 79.9. The summed E-state index contributed by atoms with van der Waals surface area (Å²) >= 11 is 3.22. The number of nitrogens with zero attached hydrogens (tertiary/aromatic N) is 1. The van der Waals surface area contributed by atoms with Crippen LogP contribution in [0.3, 0.4) is 0 Å². The molecule has 2 aromatic rings. The molecule has 0 bridgehead atoms. The monoisotopic (exact) mass is 399 g/mol. The summed E-state index contributed by atoms with van der Waals surface area (Å²) in [6, 6.07) is 12.6. The number of carbonyl (C=O) groups is 1. The van der Waals surface area contributed by atoms with Gasteiger partial charge in [0.25, 0.3) is 10.0 Å². The molecule has 0 amide bonds. The topological polar surface area (TPSA) is 72.9 Å². The summed E-state index contributed by atoms with van der Waals surface area (Å²) in [5.74, 6) is -0.299. The molecule has 0 aromatic heterocycles. The fourth-order valence-electron chi connectivity index (χ4n) is 1.72. The second kappa shape index (κ2) is 7.22. The van der Waals surface area contributed by atoms with Gasteiger partial charge < -0.3 is 4.74 Å². The van der Waals surface area contributed by atoms with Gasteiger partial charge in [-0.25, -0.2) is 13.2 Å². The van der Waals surface area contributed by atoms with Crippen molar-refractivity contribution in [1.29, 1.82) is 0 Å². The Morgan fingerprint density at radius 1 is 1.13 bits per heavy atom. The van der Waals surface area contributed by atoms with Gasteiger partial charge in [-0.05, 0) is 46.3 Å². The van der Waals surface area contributed by atoms with E-state index in [0.29, 0.717) is 14.7 Å². The van der Waals surface area contributed by atoms with Crippen molar-refractivity contribution in [3.8, 4) is 5.75 Å². The molecule has 0 saturated carbocycles. The van der Waals surface area contributed by atoms with E-state index in [4.69, 9.17) is 9.57 Å². The van der Waals surface area contributed by atoms with Gasteiger partial charge in [-0.1, -0.05) is 22.7 Å². The third-order valence-corrected chi connectivity index (χ3v) is 5.37. The second-order valence-corrected chi connectivity index (χ2v) is 7.23. The van der Waals surface area contributed by atoms with Gasteiger partial charge in [0.2, 0.25) is 0 Å². The minimum atomic E-state index is -3.85. The Kier molecular flexibility index (Phi) is 5.53. The SMILES string of the molecule is CON(C)S(=O)(=O)c1ccc(Br)c(C(=O)Oc2ccccc2)c1. The van der Waals surface area contributed by atoms with Crippen molar-refractivity contribution in [1.82, 2.24) is 4.47 Å². The molecule has 0 aliphatic carbocycles. The quantitative estimate of drug-likeness (QED) is 0.439. The van der Waals surface area contributed by atoms with Crippen LogP contribution in [-0.2, 0) is 14.9 Å². The van der Waals surface area contributed by atoms with E-state index in [2.05, 4.69) is 15.9 Å². The van der Waals surface area contributed by atoms with Crippen LogP contribution in [0, 0.1) is 0 Å². The molecule has 0 saturated heterocycles. The van der Waals surface area contributed by atoms with Crippen LogP contribution in [0.4, 0.5) is 0 Å². The van der Waals surface area contributed by atoms with Gasteiger partial charge in [0.15, 0.2) is 0 Å². The van der Waals surface area contributed by atoms with Crippen LogP contribution in [0.15, 0.2) is 57.9 Å². The van der Waals surface area contributed by atoms with Crippen molar-refractivity contribution in [2.45, 2.75) is 4.90 Å². The number of ether oxygens (including phenoxy) is 1. The molecule has 0 N–H and O–H groups in total. The second-order valence-electron chi connectivity index (χ2n) is 4.44. The number of para-hydroxylation sites is 1. The first kappa shape index (κ1) is 17.6. The van der Waals surface area contributed by atoms with Crippen LogP contribution in [0.5, 0.6) is 5.75 Å². The average Bonchev–Trinajstić information content (AvgIpc) is 2.55. The normalized spacial score (nSPS) is 11.5. The van der Waals surface area contributed by atoms with E-state index >= 15 is 0 Å². The number of carbonyl (C=O) groups excluding carboxylic acids is 1. The summed E-state index contributed by atoms with van der Waals surface area (Å²) in [5.41, 5.74) is 0.0967. The summed E-state index contributed by atoms with van der Waals surface area (Å²) in [5, 5.41) is 0. The molecule has 2 aromatic carbocycles. The largest absolute Gasteiger partial charge is 0.423 e. The lowest BCUT2D eigenvalue weighted by Gasteiger charge is -2.15. The molecule has 0 unspecified atom stereocenters. The summed E-state index contributed by atoms with van der Waals surface area (Å²) in [4.78, 5) is 16.9. The zero-order chi connectivity index (χ0) is 17.0. The maximum Gasteiger partial charge on any atom is 0.344 e. The zero-order valence-corrected chi connectivity index (χ0v) is 14.8. The van der Waals surface area contributed by atoms with Gasteiger partial charge in [-0.3, -0.25) is 4.84 Å². The first-order valence-corrected chi connectivity index (χ1v) is 8.69. The van der Waals surface area contributed by atoms with Gasteiger partial charge in [-0.2, -0.15) is 0 Å². The average molecular weight is 400 g/mol. The number of hydroxylamine groups is 1. The van der Waals surface area contributed by atoms with E-state index in [1.165, 1.54) is 32.4 Å². The van der Waals surface area contributed by atoms with Crippen LogP contribution in [0.2, 0.25) is 0 Å². The molecule has 2 rings (SSSR count). The summed E-state index contributed by atoms with van der Waals surface area (Å²) in [7, 11) is -1.35. The van der Waals surface area contributed by atoms with Crippen LogP contribution in [-0.4, -0.2) is 33.0 Å². The van der Waals surface area contributed by atoms with Gasteiger partial charge in [0, 0.05) is 11.5 Å². The highest BCUT2D eigenvalue weighted by Gasteiger charge is 2.23. The zero-order valence-electron chi connectivity index (χ0n) is 12.4.